The predicted molar refractivity (Wildman–Crippen MR) is 61.3 cm³/mol. The van der Waals surface area contributed by atoms with Crippen LogP contribution < -0.4 is 5.43 Å². The molecule has 0 aromatic heterocycles. The van der Waals surface area contributed by atoms with E-state index in [1.807, 2.05) is 20.8 Å². The van der Waals surface area contributed by atoms with Crippen molar-refractivity contribution in [3.8, 4) is 0 Å². The molecule has 0 aliphatic rings. The molecule has 1 aromatic carbocycles. The highest BCUT2D eigenvalue weighted by Gasteiger charge is 2.06. The van der Waals surface area contributed by atoms with Crippen LogP contribution in [0, 0.1) is 10.1 Å². The van der Waals surface area contributed by atoms with Gasteiger partial charge in [0.15, 0.2) is 0 Å². The molecule has 0 bridgehead atoms. The van der Waals surface area contributed by atoms with Crippen molar-refractivity contribution in [3.05, 3.63) is 34.4 Å². The van der Waals surface area contributed by atoms with Gasteiger partial charge in [-0.05, 0) is 32.9 Å². The van der Waals surface area contributed by atoms with E-state index in [1.54, 1.807) is 12.1 Å². The molecule has 6 nitrogen and oxygen atoms in total. The molecule has 0 spiro atoms. The van der Waals surface area contributed by atoms with Crippen LogP contribution in [0.15, 0.2) is 34.6 Å². The molecule has 16 heavy (non-hydrogen) atoms. The summed E-state index contributed by atoms with van der Waals surface area (Å²) >= 11 is 0. The number of nitro benzene ring substituents is 1. The molecule has 0 saturated carbocycles. The second-order valence-corrected chi connectivity index (χ2v) is 4.29. The SMILES string of the molecule is CC(C)(C)N=NNc1ccc([N+](=O)[O-])cc1. The summed E-state index contributed by atoms with van der Waals surface area (Å²) < 4.78 is 0. The van der Waals surface area contributed by atoms with Gasteiger partial charge in [0.1, 0.15) is 0 Å². The van der Waals surface area contributed by atoms with Crippen LogP contribution in [0.2, 0.25) is 0 Å². The quantitative estimate of drug-likeness (QED) is 0.484. The van der Waals surface area contributed by atoms with Gasteiger partial charge < -0.3 is 0 Å². The predicted octanol–water partition coefficient (Wildman–Crippen LogP) is 3.17. The fraction of sp³-hybridized carbons (Fsp3) is 0.400. The highest BCUT2D eigenvalue weighted by molar-refractivity contribution is 5.47. The van der Waals surface area contributed by atoms with Crippen LogP contribution in [0.4, 0.5) is 11.4 Å². The summed E-state index contributed by atoms with van der Waals surface area (Å²) in [5.74, 6) is 0. The standard InChI is InChI=1S/C10H14N4O2/c1-10(2,3)12-13-11-8-4-6-9(7-5-8)14(15)16/h4-7H,1-3H3,(H,11,12). The Balaban J connectivity index is 2.63. The molecule has 0 aliphatic carbocycles. The van der Waals surface area contributed by atoms with Gasteiger partial charge in [-0.1, -0.05) is 5.22 Å². The Labute approximate surface area is 93.5 Å². The molecule has 0 heterocycles. The lowest BCUT2D eigenvalue weighted by Crippen LogP contribution is -2.08. The first-order valence-electron chi connectivity index (χ1n) is 4.81. The molecule has 0 fully saturated rings. The molecule has 0 saturated heterocycles. The van der Waals surface area contributed by atoms with Crippen molar-refractivity contribution in [1.29, 1.82) is 0 Å². The average molecular weight is 222 g/mol. The fourth-order valence-electron chi connectivity index (χ4n) is 0.890. The van der Waals surface area contributed by atoms with Gasteiger partial charge in [0.25, 0.3) is 5.69 Å². The summed E-state index contributed by atoms with van der Waals surface area (Å²) in [6, 6.07) is 5.99. The first-order valence-corrected chi connectivity index (χ1v) is 4.81. The highest BCUT2D eigenvalue weighted by Crippen LogP contribution is 2.15. The minimum Gasteiger partial charge on any atom is -0.260 e. The zero-order valence-electron chi connectivity index (χ0n) is 9.47. The zero-order chi connectivity index (χ0) is 12.2. The topological polar surface area (TPSA) is 79.9 Å². The van der Waals surface area contributed by atoms with Crippen LogP contribution >= 0.6 is 0 Å². The normalized spacial score (nSPS) is 11.7. The van der Waals surface area contributed by atoms with Gasteiger partial charge in [0.05, 0.1) is 16.1 Å². The van der Waals surface area contributed by atoms with E-state index in [0.717, 1.165) is 0 Å². The summed E-state index contributed by atoms with van der Waals surface area (Å²) in [4.78, 5) is 9.96. The molecule has 1 rings (SSSR count). The summed E-state index contributed by atoms with van der Waals surface area (Å²) in [6.07, 6.45) is 0. The van der Waals surface area contributed by atoms with Crippen LogP contribution in [0.5, 0.6) is 0 Å². The van der Waals surface area contributed by atoms with Crippen LogP contribution in [-0.4, -0.2) is 10.5 Å². The van der Waals surface area contributed by atoms with E-state index in [-0.39, 0.29) is 11.2 Å². The van der Waals surface area contributed by atoms with E-state index in [4.69, 9.17) is 0 Å². The lowest BCUT2D eigenvalue weighted by molar-refractivity contribution is -0.384. The molecule has 1 N–H and O–H groups in total. The van der Waals surface area contributed by atoms with Gasteiger partial charge >= 0.3 is 0 Å². The molecule has 0 radical (unpaired) electrons. The molecule has 1 aromatic rings. The first kappa shape index (κ1) is 12.1. The monoisotopic (exact) mass is 222 g/mol. The van der Waals surface area contributed by atoms with Crippen molar-refractivity contribution in [3.63, 3.8) is 0 Å². The van der Waals surface area contributed by atoms with Crippen LogP contribution in [0.3, 0.4) is 0 Å². The molecule has 0 atom stereocenters. The maximum absolute atomic E-state index is 10.4. The van der Waals surface area contributed by atoms with E-state index >= 15 is 0 Å². The second-order valence-electron chi connectivity index (χ2n) is 4.29. The molecule has 86 valence electrons. The molecule has 0 amide bonds. The van der Waals surface area contributed by atoms with Crippen LogP contribution in [-0.2, 0) is 0 Å². The third-order valence-corrected chi connectivity index (χ3v) is 1.61. The fourth-order valence-corrected chi connectivity index (χ4v) is 0.890. The van der Waals surface area contributed by atoms with Crippen molar-refractivity contribution >= 4 is 11.4 Å². The summed E-state index contributed by atoms with van der Waals surface area (Å²) in [7, 11) is 0. The van der Waals surface area contributed by atoms with Gasteiger partial charge in [0, 0.05) is 12.1 Å². The Morgan fingerprint density at radius 3 is 2.25 bits per heavy atom. The maximum Gasteiger partial charge on any atom is 0.269 e. The number of benzene rings is 1. The molecule has 6 heteroatoms. The lowest BCUT2D eigenvalue weighted by atomic mass is 10.1. The molecule has 0 unspecified atom stereocenters. The third kappa shape index (κ3) is 4.04. The number of anilines is 1. The third-order valence-electron chi connectivity index (χ3n) is 1.61. The second kappa shape index (κ2) is 4.69. The van der Waals surface area contributed by atoms with E-state index in [2.05, 4.69) is 15.8 Å². The summed E-state index contributed by atoms with van der Waals surface area (Å²) in [5, 5.41) is 18.2. The number of non-ortho nitro benzene ring substituents is 1. The van der Waals surface area contributed by atoms with E-state index in [0.29, 0.717) is 5.69 Å². The number of nitrogens with zero attached hydrogens (tertiary/aromatic N) is 3. The Hall–Kier alpha value is -1.98. The van der Waals surface area contributed by atoms with Gasteiger partial charge in [-0.2, -0.15) is 5.11 Å². The van der Waals surface area contributed by atoms with E-state index in [1.165, 1.54) is 12.1 Å². The zero-order valence-corrected chi connectivity index (χ0v) is 9.47. The number of rotatable bonds is 3. The minimum atomic E-state index is -0.444. The van der Waals surface area contributed by atoms with Gasteiger partial charge in [0.2, 0.25) is 0 Å². The van der Waals surface area contributed by atoms with Crippen molar-refractivity contribution in [2.75, 3.05) is 5.43 Å². The maximum atomic E-state index is 10.4. The Kier molecular flexibility index (Phi) is 3.55. The average Bonchev–Trinajstić information content (AvgIpc) is 2.16. The Bertz CT molecular complexity index is 392. The number of nitro groups is 1. The van der Waals surface area contributed by atoms with Gasteiger partial charge in [-0.25, -0.2) is 0 Å². The van der Waals surface area contributed by atoms with Crippen molar-refractivity contribution in [2.24, 2.45) is 10.3 Å². The Morgan fingerprint density at radius 1 is 1.25 bits per heavy atom. The molecular formula is C10H14N4O2. The smallest absolute Gasteiger partial charge is 0.260 e. The summed E-state index contributed by atoms with van der Waals surface area (Å²) in [6.45, 7) is 5.77. The number of hydrogen-bond donors (Lipinski definition) is 1. The van der Waals surface area contributed by atoms with Crippen molar-refractivity contribution in [1.82, 2.24) is 0 Å². The molecular weight excluding hydrogens is 208 g/mol. The minimum absolute atomic E-state index is 0.0540. The van der Waals surface area contributed by atoms with E-state index in [9.17, 15) is 10.1 Å². The van der Waals surface area contributed by atoms with E-state index < -0.39 is 4.92 Å². The highest BCUT2D eigenvalue weighted by atomic mass is 16.6. The van der Waals surface area contributed by atoms with Gasteiger partial charge in [-0.3, -0.25) is 15.5 Å². The number of hydrogen-bond acceptors (Lipinski definition) is 4. The number of nitrogens with one attached hydrogen (secondary N) is 1. The van der Waals surface area contributed by atoms with Crippen molar-refractivity contribution in [2.45, 2.75) is 26.3 Å². The first-order chi connectivity index (χ1) is 7.38. The Morgan fingerprint density at radius 2 is 1.81 bits per heavy atom. The largest absolute Gasteiger partial charge is 0.269 e. The van der Waals surface area contributed by atoms with Crippen LogP contribution in [0.25, 0.3) is 0 Å². The molecule has 0 aliphatic heterocycles. The van der Waals surface area contributed by atoms with Crippen molar-refractivity contribution < 1.29 is 4.92 Å². The lowest BCUT2D eigenvalue weighted by Gasteiger charge is -2.08. The van der Waals surface area contributed by atoms with Gasteiger partial charge in [-0.15, -0.1) is 0 Å². The summed E-state index contributed by atoms with van der Waals surface area (Å²) in [5.41, 5.74) is 3.18. The van der Waals surface area contributed by atoms with Crippen LogP contribution in [0.1, 0.15) is 20.8 Å².